The standard InChI is InChI=1S/C13H21N3O/c1-4-10-9-11(16(3)15-10)13(14-5-2)12-7-6-8-17-12/h7,9,13-14H,4-6,8H2,1-3H3. The van der Waals surface area contributed by atoms with E-state index >= 15 is 0 Å². The zero-order valence-corrected chi connectivity index (χ0v) is 10.9. The van der Waals surface area contributed by atoms with Gasteiger partial charge in [-0.25, -0.2) is 0 Å². The molecule has 1 unspecified atom stereocenters. The zero-order chi connectivity index (χ0) is 12.3. The van der Waals surface area contributed by atoms with Gasteiger partial charge in [-0.2, -0.15) is 5.10 Å². The molecule has 2 heterocycles. The molecule has 17 heavy (non-hydrogen) atoms. The Morgan fingerprint density at radius 2 is 2.35 bits per heavy atom. The lowest BCUT2D eigenvalue weighted by Gasteiger charge is -2.19. The van der Waals surface area contributed by atoms with Gasteiger partial charge in [0.25, 0.3) is 0 Å². The minimum atomic E-state index is 0.139. The Hall–Kier alpha value is -1.29. The van der Waals surface area contributed by atoms with E-state index in [1.54, 1.807) is 0 Å². The molecule has 0 fully saturated rings. The zero-order valence-electron chi connectivity index (χ0n) is 10.9. The van der Waals surface area contributed by atoms with Gasteiger partial charge in [-0.15, -0.1) is 0 Å². The van der Waals surface area contributed by atoms with Crippen molar-refractivity contribution in [3.05, 3.63) is 29.3 Å². The minimum absolute atomic E-state index is 0.139. The third-order valence-electron chi connectivity index (χ3n) is 3.05. The van der Waals surface area contributed by atoms with Gasteiger partial charge in [0.1, 0.15) is 11.8 Å². The molecule has 0 radical (unpaired) electrons. The van der Waals surface area contributed by atoms with Gasteiger partial charge in [-0.3, -0.25) is 4.68 Å². The topological polar surface area (TPSA) is 39.1 Å². The van der Waals surface area contributed by atoms with Crippen molar-refractivity contribution >= 4 is 0 Å². The van der Waals surface area contributed by atoms with Crippen LogP contribution in [0.4, 0.5) is 0 Å². The summed E-state index contributed by atoms with van der Waals surface area (Å²) in [4.78, 5) is 0. The summed E-state index contributed by atoms with van der Waals surface area (Å²) in [5.74, 6) is 1.04. The molecule has 0 saturated carbocycles. The number of hydrogen-bond acceptors (Lipinski definition) is 3. The second-order valence-corrected chi connectivity index (χ2v) is 4.27. The minimum Gasteiger partial charge on any atom is -0.496 e. The first-order valence-electron chi connectivity index (χ1n) is 6.35. The highest BCUT2D eigenvalue weighted by atomic mass is 16.5. The Kier molecular flexibility index (Phi) is 3.84. The fraction of sp³-hybridized carbons (Fsp3) is 0.615. The summed E-state index contributed by atoms with van der Waals surface area (Å²) in [6.07, 6.45) is 4.15. The molecule has 4 nitrogen and oxygen atoms in total. The van der Waals surface area contributed by atoms with Gasteiger partial charge in [-0.1, -0.05) is 13.8 Å². The normalized spacial score (nSPS) is 16.8. The smallest absolute Gasteiger partial charge is 0.115 e. The SMILES string of the molecule is CCNC(C1=CCCO1)c1cc(CC)nn1C. The van der Waals surface area contributed by atoms with Crippen LogP contribution in [0.1, 0.15) is 37.7 Å². The van der Waals surface area contributed by atoms with Crippen molar-refractivity contribution in [2.24, 2.45) is 7.05 Å². The van der Waals surface area contributed by atoms with Gasteiger partial charge < -0.3 is 10.1 Å². The van der Waals surface area contributed by atoms with Crippen molar-refractivity contribution in [3.8, 4) is 0 Å². The molecule has 1 aromatic rings. The van der Waals surface area contributed by atoms with E-state index in [-0.39, 0.29) is 6.04 Å². The molecule has 1 atom stereocenters. The van der Waals surface area contributed by atoms with E-state index in [0.29, 0.717) is 0 Å². The molecule has 1 aromatic heterocycles. The molecule has 1 aliphatic rings. The van der Waals surface area contributed by atoms with Crippen molar-refractivity contribution in [1.29, 1.82) is 0 Å². The molecular formula is C13H21N3O. The van der Waals surface area contributed by atoms with Gasteiger partial charge in [0.2, 0.25) is 0 Å². The second-order valence-electron chi connectivity index (χ2n) is 4.27. The number of likely N-dealkylation sites (N-methyl/N-ethyl adjacent to an activating group) is 1. The summed E-state index contributed by atoms with van der Waals surface area (Å²) in [5, 5.41) is 7.96. The number of aromatic nitrogens is 2. The quantitative estimate of drug-likeness (QED) is 0.847. The van der Waals surface area contributed by atoms with Crippen molar-refractivity contribution < 1.29 is 4.74 Å². The van der Waals surface area contributed by atoms with Crippen LogP contribution in [0.5, 0.6) is 0 Å². The van der Waals surface area contributed by atoms with Crippen LogP contribution < -0.4 is 5.32 Å². The van der Waals surface area contributed by atoms with E-state index < -0.39 is 0 Å². The Labute approximate surface area is 103 Å². The summed E-state index contributed by atoms with van der Waals surface area (Å²) in [5.41, 5.74) is 2.31. The van der Waals surface area contributed by atoms with Crippen LogP contribution in [0.3, 0.4) is 0 Å². The van der Waals surface area contributed by atoms with Crippen molar-refractivity contribution in [1.82, 2.24) is 15.1 Å². The molecule has 1 aliphatic heterocycles. The monoisotopic (exact) mass is 235 g/mol. The average Bonchev–Trinajstić information content (AvgIpc) is 2.95. The van der Waals surface area contributed by atoms with E-state index in [4.69, 9.17) is 4.74 Å². The van der Waals surface area contributed by atoms with Crippen molar-refractivity contribution in [2.75, 3.05) is 13.2 Å². The van der Waals surface area contributed by atoms with Crippen molar-refractivity contribution in [2.45, 2.75) is 32.7 Å². The highest BCUT2D eigenvalue weighted by molar-refractivity contribution is 5.23. The predicted octanol–water partition coefficient (Wildman–Crippen LogP) is 1.94. The maximum Gasteiger partial charge on any atom is 0.115 e. The van der Waals surface area contributed by atoms with Crippen molar-refractivity contribution in [3.63, 3.8) is 0 Å². The molecule has 1 N–H and O–H groups in total. The first-order valence-corrected chi connectivity index (χ1v) is 6.35. The van der Waals surface area contributed by atoms with E-state index in [1.807, 2.05) is 11.7 Å². The Balaban J connectivity index is 2.27. The first-order chi connectivity index (χ1) is 8.26. The second kappa shape index (κ2) is 5.36. The maximum atomic E-state index is 5.68. The highest BCUT2D eigenvalue weighted by Crippen LogP contribution is 2.26. The van der Waals surface area contributed by atoms with E-state index in [2.05, 4.69) is 36.4 Å². The fourth-order valence-corrected chi connectivity index (χ4v) is 2.18. The summed E-state index contributed by atoms with van der Waals surface area (Å²) in [6.45, 7) is 5.95. The van der Waals surface area contributed by atoms with Gasteiger partial charge >= 0.3 is 0 Å². The fourth-order valence-electron chi connectivity index (χ4n) is 2.18. The van der Waals surface area contributed by atoms with Crippen LogP contribution >= 0.6 is 0 Å². The van der Waals surface area contributed by atoms with Crippen LogP contribution in [-0.2, 0) is 18.2 Å². The summed E-state index contributed by atoms with van der Waals surface area (Å²) >= 11 is 0. The molecular weight excluding hydrogens is 214 g/mol. The molecule has 94 valence electrons. The number of nitrogens with zero attached hydrogens (tertiary/aromatic N) is 2. The van der Waals surface area contributed by atoms with E-state index in [9.17, 15) is 0 Å². The lowest BCUT2D eigenvalue weighted by Crippen LogP contribution is -2.25. The number of ether oxygens (including phenoxy) is 1. The Morgan fingerprint density at radius 1 is 1.53 bits per heavy atom. The summed E-state index contributed by atoms with van der Waals surface area (Å²) in [7, 11) is 1.99. The van der Waals surface area contributed by atoms with Gasteiger partial charge in [0.05, 0.1) is 18.0 Å². The highest BCUT2D eigenvalue weighted by Gasteiger charge is 2.23. The lowest BCUT2D eigenvalue weighted by atomic mass is 10.1. The average molecular weight is 235 g/mol. The molecule has 0 bridgehead atoms. The number of rotatable bonds is 5. The number of nitrogens with one attached hydrogen (secondary N) is 1. The van der Waals surface area contributed by atoms with Gasteiger partial charge in [0.15, 0.2) is 0 Å². The maximum absolute atomic E-state index is 5.68. The van der Waals surface area contributed by atoms with Crippen LogP contribution in [0, 0.1) is 0 Å². The number of aryl methyl sites for hydroxylation is 2. The van der Waals surface area contributed by atoms with Gasteiger partial charge in [0, 0.05) is 13.5 Å². The molecule has 4 heteroatoms. The molecule has 0 spiro atoms. The van der Waals surface area contributed by atoms with Crippen LogP contribution in [0.2, 0.25) is 0 Å². The number of hydrogen-bond donors (Lipinski definition) is 1. The Bertz CT molecular complexity index is 409. The van der Waals surface area contributed by atoms with E-state index in [0.717, 1.165) is 37.4 Å². The molecule has 0 saturated heterocycles. The third kappa shape index (κ3) is 2.52. The molecule has 0 aromatic carbocycles. The lowest BCUT2D eigenvalue weighted by molar-refractivity contribution is 0.213. The van der Waals surface area contributed by atoms with Crippen LogP contribution in [0.15, 0.2) is 17.9 Å². The Morgan fingerprint density at radius 3 is 2.88 bits per heavy atom. The predicted molar refractivity (Wildman–Crippen MR) is 67.7 cm³/mol. The molecule has 0 aliphatic carbocycles. The van der Waals surface area contributed by atoms with E-state index in [1.165, 1.54) is 5.69 Å². The van der Waals surface area contributed by atoms with Crippen LogP contribution in [-0.4, -0.2) is 22.9 Å². The summed E-state index contributed by atoms with van der Waals surface area (Å²) < 4.78 is 7.63. The third-order valence-corrected chi connectivity index (χ3v) is 3.05. The van der Waals surface area contributed by atoms with Crippen LogP contribution in [0.25, 0.3) is 0 Å². The molecule has 0 amide bonds. The largest absolute Gasteiger partial charge is 0.496 e. The van der Waals surface area contributed by atoms with Gasteiger partial charge in [-0.05, 0) is 25.1 Å². The first kappa shape index (κ1) is 12.2. The molecule has 2 rings (SSSR count). The summed E-state index contributed by atoms with van der Waals surface area (Å²) in [6, 6.07) is 2.30.